The number of hydrogen-bond donors (Lipinski definition) is 0. The van der Waals surface area contributed by atoms with Crippen molar-refractivity contribution in [2.45, 2.75) is 109 Å². The van der Waals surface area contributed by atoms with Crippen LogP contribution in [0.15, 0.2) is 35.4 Å². The van der Waals surface area contributed by atoms with E-state index in [4.69, 9.17) is 17.0 Å². The summed E-state index contributed by atoms with van der Waals surface area (Å²) in [4.78, 5) is 0. The maximum absolute atomic E-state index is 8.87. The molecule has 0 fully saturated rings. The fourth-order valence-electron chi connectivity index (χ4n) is 8.72. The molecular formula is C34H48Cl2Zr. The Morgan fingerprint density at radius 3 is 1.16 bits per heavy atom. The summed E-state index contributed by atoms with van der Waals surface area (Å²) in [5.74, 6) is 0.891. The third-order valence-electron chi connectivity index (χ3n) is 10.9. The van der Waals surface area contributed by atoms with Crippen molar-refractivity contribution in [2.24, 2.45) is 0 Å². The van der Waals surface area contributed by atoms with Gasteiger partial charge in [-0.25, -0.2) is 0 Å². The molecule has 0 bridgehead atoms. The van der Waals surface area contributed by atoms with Gasteiger partial charge < -0.3 is 0 Å². The van der Waals surface area contributed by atoms with Gasteiger partial charge >= 0.3 is 233 Å². The minimum atomic E-state index is -5.56. The summed E-state index contributed by atoms with van der Waals surface area (Å²) in [6, 6.07) is 9.28. The van der Waals surface area contributed by atoms with Crippen molar-refractivity contribution < 1.29 is 14.9 Å². The molecule has 2 aliphatic rings. The molecule has 0 amide bonds. The van der Waals surface area contributed by atoms with E-state index in [1.807, 2.05) is 0 Å². The van der Waals surface area contributed by atoms with Crippen LogP contribution in [0.2, 0.25) is 7.25 Å². The predicted octanol–water partition coefficient (Wildman–Crippen LogP) is 12.4. The number of hydrogen-bond acceptors (Lipinski definition) is 0. The monoisotopic (exact) mass is 616 g/mol. The topological polar surface area (TPSA) is 0 Å². The van der Waals surface area contributed by atoms with Crippen molar-refractivity contribution >= 4 is 29.2 Å². The summed E-state index contributed by atoms with van der Waals surface area (Å²) in [5, 5.41) is 0. The van der Waals surface area contributed by atoms with Gasteiger partial charge in [0.25, 0.3) is 0 Å². The average Bonchev–Trinajstić information content (AvgIpc) is 3.33. The van der Waals surface area contributed by atoms with Gasteiger partial charge in [0.2, 0.25) is 0 Å². The van der Waals surface area contributed by atoms with Crippen LogP contribution in [0.5, 0.6) is 0 Å². The quantitative estimate of drug-likeness (QED) is 0.302. The third-order valence-corrected chi connectivity index (χ3v) is 51.2. The molecule has 0 nitrogen and oxygen atoms in total. The maximum atomic E-state index is 8.87. The number of rotatable bonds is 6. The summed E-state index contributed by atoms with van der Waals surface area (Å²) >= 11 is -5.56. The van der Waals surface area contributed by atoms with Gasteiger partial charge in [-0.15, -0.1) is 0 Å². The van der Waals surface area contributed by atoms with Crippen molar-refractivity contribution in [1.82, 2.24) is 0 Å². The Labute approximate surface area is 231 Å². The standard InChI is InChI=1S/2C14H17.2C3H7.2ClH.Zr/c2*1-9(2)12-6-5-11(4)13-7-10(3)8-14(12)13;2*1-3-2;;;/h2*5-9H,1-4H3;2*3H,1-2H3;2*1H;/q;;;;;;+2/p-2. The number of allylic oxidation sites excluding steroid dienone is 2. The molecule has 2 unspecified atom stereocenters. The zero-order valence-electron chi connectivity index (χ0n) is 25.2. The number of aryl methyl sites for hydroxylation is 2. The second kappa shape index (κ2) is 8.95. The molecule has 202 valence electrons. The van der Waals surface area contributed by atoms with Crippen molar-refractivity contribution in [3.63, 3.8) is 0 Å². The van der Waals surface area contributed by atoms with E-state index in [1.165, 1.54) is 55.7 Å². The van der Waals surface area contributed by atoms with E-state index in [0.29, 0.717) is 11.8 Å². The van der Waals surface area contributed by atoms with Crippen LogP contribution in [0.25, 0.3) is 12.2 Å². The van der Waals surface area contributed by atoms with Gasteiger partial charge in [-0.05, 0) is 0 Å². The summed E-state index contributed by atoms with van der Waals surface area (Å²) < 4.78 is 0.430. The Kier molecular flexibility index (Phi) is 7.10. The number of fused-ring (bicyclic) bond motifs is 2. The molecule has 0 spiro atoms. The summed E-state index contributed by atoms with van der Waals surface area (Å²) in [5.41, 5.74) is 13.8. The second-order valence-electron chi connectivity index (χ2n) is 13.8. The molecule has 2 aromatic rings. The Balaban J connectivity index is 2.22. The molecule has 0 saturated heterocycles. The molecule has 2 aromatic carbocycles. The van der Waals surface area contributed by atoms with Crippen molar-refractivity contribution in [3.05, 3.63) is 79.9 Å². The first-order chi connectivity index (χ1) is 17.0. The Morgan fingerprint density at radius 1 is 0.568 bits per heavy atom. The van der Waals surface area contributed by atoms with E-state index in [2.05, 4.69) is 120 Å². The van der Waals surface area contributed by atoms with E-state index in [9.17, 15) is 0 Å². The van der Waals surface area contributed by atoms with Gasteiger partial charge in [0.05, 0.1) is 0 Å². The van der Waals surface area contributed by atoms with Crippen LogP contribution in [0.3, 0.4) is 0 Å². The molecule has 37 heavy (non-hydrogen) atoms. The molecule has 0 saturated carbocycles. The fraction of sp³-hybridized carbons (Fsp3) is 0.529. The van der Waals surface area contributed by atoms with Crippen LogP contribution in [-0.4, -0.2) is 0 Å². The van der Waals surface area contributed by atoms with Crippen LogP contribution in [0.1, 0.15) is 133 Å². The van der Waals surface area contributed by atoms with Gasteiger partial charge in [0.1, 0.15) is 0 Å². The molecule has 0 aromatic heterocycles. The van der Waals surface area contributed by atoms with Crippen molar-refractivity contribution in [2.75, 3.05) is 0 Å². The fourth-order valence-corrected chi connectivity index (χ4v) is 37.4. The zero-order chi connectivity index (χ0) is 27.9. The molecule has 2 aliphatic carbocycles. The minimum absolute atomic E-state index is 0.0552. The number of halogens is 2. The normalized spacial score (nSPS) is 21.4. The Morgan fingerprint density at radius 2 is 0.892 bits per heavy atom. The van der Waals surface area contributed by atoms with Crippen LogP contribution < -0.4 is 0 Å². The van der Waals surface area contributed by atoms with Crippen LogP contribution in [0.4, 0.5) is 0 Å². The molecule has 3 heteroatoms. The Hall–Kier alpha value is -0.617. The van der Waals surface area contributed by atoms with Crippen LogP contribution >= 0.6 is 17.0 Å². The summed E-state index contributed by atoms with van der Waals surface area (Å²) in [6.07, 6.45) is 4.88. The zero-order valence-corrected chi connectivity index (χ0v) is 29.2. The first-order valence-corrected chi connectivity index (χ1v) is 26.4. The van der Waals surface area contributed by atoms with E-state index in [-0.39, 0.29) is 14.5 Å². The molecule has 4 rings (SSSR count). The molecule has 0 N–H and O–H groups in total. The van der Waals surface area contributed by atoms with Gasteiger partial charge in [0, 0.05) is 0 Å². The molecule has 2 atom stereocenters. The molecule has 0 heterocycles. The average molecular weight is 619 g/mol. The first kappa shape index (κ1) is 29.4. The van der Waals surface area contributed by atoms with Gasteiger partial charge in [0.15, 0.2) is 0 Å². The van der Waals surface area contributed by atoms with Crippen molar-refractivity contribution in [3.8, 4) is 0 Å². The van der Waals surface area contributed by atoms with Crippen LogP contribution in [0, 0.1) is 13.8 Å². The first-order valence-electron chi connectivity index (χ1n) is 14.4. The van der Waals surface area contributed by atoms with Crippen molar-refractivity contribution in [1.29, 1.82) is 0 Å². The summed E-state index contributed by atoms with van der Waals surface area (Å²) in [6.45, 7) is 27.7. The van der Waals surface area contributed by atoms with E-state index in [1.54, 1.807) is 0 Å². The van der Waals surface area contributed by atoms with Gasteiger partial charge in [-0.2, -0.15) is 0 Å². The SMILES string of the molecule is CC1=Cc2c(C(C)C)ccc(C)c2[CH]1[Zr]([Cl])([Cl])([CH](C)C)([CH](C)C)[CH]1C(C)=Cc2c(C(C)C)ccc(C)c21. The van der Waals surface area contributed by atoms with Crippen LogP contribution in [-0.2, 0) is 14.9 Å². The third kappa shape index (κ3) is 3.55. The van der Waals surface area contributed by atoms with Gasteiger partial charge in [-0.1, -0.05) is 0 Å². The number of benzene rings is 2. The molecule has 0 radical (unpaired) electrons. The summed E-state index contributed by atoms with van der Waals surface area (Å²) in [7, 11) is 17.7. The van der Waals surface area contributed by atoms with E-state index >= 15 is 0 Å². The van der Waals surface area contributed by atoms with Gasteiger partial charge in [-0.3, -0.25) is 0 Å². The molecular weight excluding hydrogens is 571 g/mol. The Bertz CT molecular complexity index is 1250. The predicted molar refractivity (Wildman–Crippen MR) is 165 cm³/mol. The molecule has 0 aliphatic heterocycles. The van der Waals surface area contributed by atoms with E-state index in [0.717, 1.165) is 0 Å². The second-order valence-corrected chi connectivity index (χ2v) is 45.6. The van der Waals surface area contributed by atoms with E-state index < -0.39 is 14.9 Å².